The van der Waals surface area contributed by atoms with Crippen molar-refractivity contribution in [2.24, 2.45) is 12.0 Å². The van der Waals surface area contributed by atoms with Crippen LogP contribution in [0.15, 0.2) is 78.9 Å². The summed E-state index contributed by atoms with van der Waals surface area (Å²) in [6.07, 6.45) is 5.35. The summed E-state index contributed by atoms with van der Waals surface area (Å²) in [5.41, 5.74) is 5.47. The Morgan fingerprint density at radius 3 is 2.63 bits per heavy atom. The maximum atomic E-state index is 4.64. The average Bonchev–Trinajstić information content (AvgIpc) is 3.13. The molecule has 5 nitrogen and oxygen atoms in total. The van der Waals surface area contributed by atoms with Crippen molar-refractivity contribution in [2.75, 3.05) is 17.3 Å². The summed E-state index contributed by atoms with van der Waals surface area (Å²) < 4.78 is 1.78. The second-order valence-electron chi connectivity index (χ2n) is 6.11. The molecule has 0 saturated heterocycles. The van der Waals surface area contributed by atoms with Crippen LogP contribution in [0.2, 0.25) is 0 Å². The fourth-order valence-electron chi connectivity index (χ4n) is 2.69. The standard InChI is InChI=1S/C22H23N5/c1-5-18-11-12-19(25-17(2)22-13-14-24-27(22)4)15-21(18)23-16-26(3)20-9-7-6-8-10-20/h5-16,25H,1-2H2,3-4H3. The summed E-state index contributed by atoms with van der Waals surface area (Å²) in [6, 6.07) is 17.9. The second-order valence-corrected chi connectivity index (χ2v) is 6.11. The van der Waals surface area contributed by atoms with E-state index in [4.69, 9.17) is 0 Å². The van der Waals surface area contributed by atoms with Crippen molar-refractivity contribution in [3.05, 3.63) is 85.2 Å². The highest BCUT2D eigenvalue weighted by molar-refractivity contribution is 5.83. The number of hydrogen-bond acceptors (Lipinski definition) is 3. The van der Waals surface area contributed by atoms with Gasteiger partial charge < -0.3 is 10.2 Å². The number of anilines is 2. The Morgan fingerprint density at radius 2 is 1.96 bits per heavy atom. The first-order valence-corrected chi connectivity index (χ1v) is 8.61. The number of aromatic nitrogens is 2. The molecular weight excluding hydrogens is 334 g/mol. The van der Waals surface area contributed by atoms with E-state index < -0.39 is 0 Å². The van der Waals surface area contributed by atoms with Crippen molar-refractivity contribution in [2.45, 2.75) is 0 Å². The molecular formula is C22H23N5. The molecule has 3 rings (SSSR count). The Kier molecular flexibility index (Phi) is 5.52. The van der Waals surface area contributed by atoms with Crippen LogP contribution >= 0.6 is 0 Å². The molecule has 1 aromatic heterocycles. The van der Waals surface area contributed by atoms with Gasteiger partial charge in [-0.05, 0) is 35.9 Å². The van der Waals surface area contributed by atoms with E-state index in [0.29, 0.717) is 0 Å². The number of rotatable bonds is 7. The van der Waals surface area contributed by atoms with Gasteiger partial charge in [-0.25, -0.2) is 4.99 Å². The topological polar surface area (TPSA) is 45.5 Å². The lowest BCUT2D eigenvalue weighted by Crippen LogP contribution is -2.13. The molecule has 0 radical (unpaired) electrons. The molecule has 0 aliphatic heterocycles. The zero-order chi connectivity index (χ0) is 19.2. The summed E-state index contributed by atoms with van der Waals surface area (Å²) in [6.45, 7) is 7.98. The van der Waals surface area contributed by atoms with Gasteiger partial charge in [0, 0.05) is 31.7 Å². The Hall–Kier alpha value is -3.60. The number of hydrogen-bond donors (Lipinski definition) is 1. The Balaban J connectivity index is 1.81. The van der Waals surface area contributed by atoms with Gasteiger partial charge in [0.15, 0.2) is 0 Å². The minimum absolute atomic E-state index is 0.776. The van der Waals surface area contributed by atoms with E-state index in [1.54, 1.807) is 23.3 Å². The molecule has 27 heavy (non-hydrogen) atoms. The van der Waals surface area contributed by atoms with E-state index in [1.807, 2.05) is 73.6 Å². The molecule has 0 saturated carbocycles. The minimum Gasteiger partial charge on any atom is -0.354 e. The van der Waals surface area contributed by atoms with Gasteiger partial charge in [-0.2, -0.15) is 5.10 Å². The minimum atomic E-state index is 0.776. The van der Waals surface area contributed by atoms with E-state index in [-0.39, 0.29) is 0 Å². The normalized spacial score (nSPS) is 10.7. The number of nitrogens with one attached hydrogen (secondary N) is 1. The maximum Gasteiger partial charge on any atom is 0.0954 e. The quantitative estimate of drug-likeness (QED) is 0.481. The molecule has 0 fully saturated rings. The summed E-state index contributed by atoms with van der Waals surface area (Å²) >= 11 is 0. The van der Waals surface area contributed by atoms with Crippen LogP contribution in [-0.2, 0) is 7.05 Å². The van der Waals surface area contributed by atoms with Crippen molar-refractivity contribution < 1.29 is 0 Å². The van der Waals surface area contributed by atoms with Gasteiger partial charge in [-0.3, -0.25) is 4.68 Å². The van der Waals surface area contributed by atoms with E-state index in [1.165, 1.54) is 0 Å². The van der Waals surface area contributed by atoms with Gasteiger partial charge in [-0.1, -0.05) is 43.5 Å². The zero-order valence-electron chi connectivity index (χ0n) is 15.6. The fraction of sp³-hybridized carbons (Fsp3) is 0.0909. The van der Waals surface area contributed by atoms with Gasteiger partial charge in [0.2, 0.25) is 0 Å². The third kappa shape index (κ3) is 4.33. The predicted octanol–water partition coefficient (Wildman–Crippen LogP) is 4.94. The Morgan fingerprint density at radius 1 is 1.19 bits per heavy atom. The van der Waals surface area contributed by atoms with Gasteiger partial charge >= 0.3 is 0 Å². The smallest absolute Gasteiger partial charge is 0.0954 e. The molecule has 0 aliphatic rings. The first-order valence-electron chi connectivity index (χ1n) is 8.61. The number of aryl methyl sites for hydroxylation is 1. The highest BCUT2D eigenvalue weighted by Crippen LogP contribution is 2.27. The van der Waals surface area contributed by atoms with E-state index in [2.05, 4.69) is 28.6 Å². The Labute approximate surface area is 160 Å². The lowest BCUT2D eigenvalue weighted by molar-refractivity contribution is 0.756. The summed E-state index contributed by atoms with van der Waals surface area (Å²) in [4.78, 5) is 6.62. The molecule has 0 bridgehead atoms. The lowest BCUT2D eigenvalue weighted by atomic mass is 10.1. The molecule has 2 aromatic carbocycles. The molecule has 5 heteroatoms. The van der Waals surface area contributed by atoms with Crippen LogP contribution in [0.4, 0.5) is 17.1 Å². The van der Waals surface area contributed by atoms with Crippen LogP contribution in [0, 0.1) is 0 Å². The van der Waals surface area contributed by atoms with Crippen LogP contribution < -0.4 is 10.2 Å². The molecule has 3 aromatic rings. The SMILES string of the molecule is C=Cc1ccc(NC(=C)c2ccnn2C)cc1N=CN(C)c1ccccc1. The largest absolute Gasteiger partial charge is 0.354 e. The lowest BCUT2D eigenvalue weighted by Gasteiger charge is -2.14. The number of nitrogens with zero attached hydrogens (tertiary/aromatic N) is 4. The first kappa shape index (κ1) is 18.2. The van der Waals surface area contributed by atoms with E-state index in [0.717, 1.165) is 34.0 Å². The highest BCUT2D eigenvalue weighted by Gasteiger charge is 2.06. The van der Waals surface area contributed by atoms with Crippen molar-refractivity contribution in [1.29, 1.82) is 0 Å². The third-order valence-electron chi connectivity index (χ3n) is 4.21. The monoisotopic (exact) mass is 357 g/mol. The van der Waals surface area contributed by atoms with Crippen molar-refractivity contribution in [1.82, 2.24) is 9.78 Å². The van der Waals surface area contributed by atoms with Crippen LogP contribution in [0.1, 0.15) is 11.3 Å². The van der Waals surface area contributed by atoms with Gasteiger partial charge in [0.05, 0.1) is 23.4 Å². The summed E-state index contributed by atoms with van der Waals surface area (Å²) in [5.74, 6) is 0. The first-order chi connectivity index (χ1) is 13.1. The van der Waals surface area contributed by atoms with Crippen molar-refractivity contribution >= 4 is 35.2 Å². The maximum absolute atomic E-state index is 4.64. The van der Waals surface area contributed by atoms with Crippen molar-refractivity contribution in [3.63, 3.8) is 0 Å². The predicted molar refractivity (Wildman–Crippen MR) is 115 cm³/mol. The number of benzene rings is 2. The van der Waals surface area contributed by atoms with Gasteiger partial charge in [0.1, 0.15) is 0 Å². The molecule has 0 aliphatic carbocycles. The summed E-state index contributed by atoms with van der Waals surface area (Å²) in [5, 5.41) is 7.49. The molecule has 0 atom stereocenters. The highest BCUT2D eigenvalue weighted by atomic mass is 15.3. The third-order valence-corrected chi connectivity index (χ3v) is 4.21. The van der Waals surface area contributed by atoms with Crippen LogP contribution in [0.5, 0.6) is 0 Å². The Bertz CT molecular complexity index is 969. The van der Waals surface area contributed by atoms with Gasteiger partial charge in [-0.15, -0.1) is 0 Å². The molecule has 136 valence electrons. The summed E-state index contributed by atoms with van der Waals surface area (Å²) in [7, 11) is 3.86. The van der Waals surface area contributed by atoms with Crippen LogP contribution in [0.25, 0.3) is 11.8 Å². The number of aliphatic imine (C=N–C) groups is 1. The van der Waals surface area contributed by atoms with Crippen LogP contribution in [-0.4, -0.2) is 23.2 Å². The molecule has 0 amide bonds. The van der Waals surface area contributed by atoms with E-state index in [9.17, 15) is 0 Å². The average molecular weight is 357 g/mol. The molecule has 0 unspecified atom stereocenters. The van der Waals surface area contributed by atoms with E-state index >= 15 is 0 Å². The molecule has 1 heterocycles. The van der Waals surface area contributed by atoms with Crippen LogP contribution in [0.3, 0.4) is 0 Å². The number of para-hydroxylation sites is 1. The fourth-order valence-corrected chi connectivity index (χ4v) is 2.69. The van der Waals surface area contributed by atoms with Crippen molar-refractivity contribution in [3.8, 4) is 0 Å². The molecule has 1 N–H and O–H groups in total. The second kappa shape index (κ2) is 8.19. The van der Waals surface area contributed by atoms with Gasteiger partial charge in [0.25, 0.3) is 0 Å². The zero-order valence-corrected chi connectivity index (χ0v) is 15.6. The molecule has 0 spiro atoms.